The van der Waals surface area contributed by atoms with Crippen molar-refractivity contribution >= 4 is 24.2 Å². The second kappa shape index (κ2) is 4.17. The maximum Gasteiger partial charge on any atom is 0.323 e. The molecule has 3 N–H and O–H groups in total. The van der Waals surface area contributed by atoms with Crippen LogP contribution in [-0.2, 0) is 4.79 Å². The van der Waals surface area contributed by atoms with Gasteiger partial charge >= 0.3 is 6.03 Å². The van der Waals surface area contributed by atoms with Gasteiger partial charge in [-0.05, 0) is 0 Å². The van der Waals surface area contributed by atoms with Crippen molar-refractivity contribution in [2.75, 3.05) is 0 Å². The zero-order valence-electron chi connectivity index (χ0n) is 3.75. The highest BCUT2D eigenvalue weighted by atomic mass is 32.2. The van der Waals surface area contributed by atoms with E-state index in [1.54, 1.807) is 0 Å². The molecule has 5 nitrogen and oxygen atoms in total. The number of hydrogen-bond acceptors (Lipinski definition) is 4. The van der Waals surface area contributed by atoms with Crippen LogP contribution in [0.1, 0.15) is 0 Å². The molecule has 0 saturated carbocycles. The Morgan fingerprint density at radius 2 is 2.50 bits per heavy atom. The van der Waals surface area contributed by atoms with Crippen LogP contribution in [0.5, 0.6) is 0 Å². The highest BCUT2D eigenvalue weighted by Gasteiger charge is 1.85. The molecule has 0 aliphatic rings. The summed E-state index contributed by atoms with van der Waals surface area (Å²) in [6.07, 6.45) is 1.19. The molecule has 2 amide bonds. The quantitative estimate of drug-likeness (QED) is 0.304. The first-order valence-corrected chi connectivity index (χ1v) is 2.33. The summed E-state index contributed by atoms with van der Waals surface area (Å²) in [7, 11) is 0. The smallest absolute Gasteiger partial charge is 0.323 e. The number of rotatable bonds is 2. The zero-order valence-corrected chi connectivity index (χ0v) is 4.57. The number of amides is 2. The minimum atomic E-state index is -0.742. The van der Waals surface area contributed by atoms with Gasteiger partial charge in [-0.2, -0.15) is 0 Å². The molecule has 0 fully saturated rings. The fraction of sp³-hybridized carbons (Fsp3) is 0. The second-order valence-corrected chi connectivity index (χ2v) is 1.31. The first-order valence-electron chi connectivity index (χ1n) is 1.56. The molecule has 0 aliphatic carbocycles. The predicted octanol–water partition coefficient (Wildman–Crippen LogP) is -0.446. The van der Waals surface area contributed by atoms with Crippen LogP contribution in [0.3, 0.4) is 0 Å². The Morgan fingerprint density at radius 1 is 1.88 bits per heavy atom. The van der Waals surface area contributed by atoms with Gasteiger partial charge in [-0.3, -0.25) is 4.72 Å². The van der Waals surface area contributed by atoms with Crippen LogP contribution in [-0.4, -0.2) is 12.1 Å². The molecule has 0 spiro atoms. The van der Waals surface area contributed by atoms with Crippen LogP contribution in [0.25, 0.3) is 0 Å². The minimum absolute atomic E-state index is 0.538. The van der Waals surface area contributed by atoms with Crippen LogP contribution in [0.4, 0.5) is 4.79 Å². The van der Waals surface area contributed by atoms with E-state index in [1.807, 2.05) is 4.72 Å². The summed E-state index contributed by atoms with van der Waals surface area (Å²) in [5, 5.41) is 0. The third-order valence-corrected chi connectivity index (χ3v) is 0.687. The summed E-state index contributed by atoms with van der Waals surface area (Å²) < 4.78 is 4.88. The number of carbonyl (C=O) groups is 1. The van der Waals surface area contributed by atoms with Crippen LogP contribution in [0, 0.1) is 0 Å². The summed E-state index contributed by atoms with van der Waals surface area (Å²) in [5.41, 5.74) is 4.57. The van der Waals surface area contributed by atoms with E-state index in [1.165, 1.54) is 6.08 Å². The van der Waals surface area contributed by atoms with Crippen molar-refractivity contribution in [1.29, 1.82) is 0 Å². The summed E-state index contributed by atoms with van der Waals surface area (Å²) in [4.78, 5) is 19.1. The molecule has 0 bridgehead atoms. The molecule has 8 heavy (non-hydrogen) atoms. The van der Waals surface area contributed by atoms with Crippen molar-refractivity contribution in [3.8, 4) is 0 Å². The number of hydrogen-bond donors (Lipinski definition) is 2. The number of primary amides is 1. The van der Waals surface area contributed by atoms with Gasteiger partial charge < -0.3 is 5.73 Å². The largest absolute Gasteiger partial charge is 0.351 e. The lowest BCUT2D eigenvalue weighted by atomic mass is 11.2. The van der Waals surface area contributed by atoms with Gasteiger partial charge in [0, 0.05) is 0 Å². The van der Waals surface area contributed by atoms with Crippen LogP contribution >= 0.6 is 12.1 Å². The van der Waals surface area contributed by atoms with Crippen LogP contribution in [0.2, 0.25) is 0 Å². The van der Waals surface area contributed by atoms with Crippen LogP contribution < -0.4 is 10.5 Å². The van der Waals surface area contributed by atoms with E-state index in [9.17, 15) is 9.59 Å². The van der Waals surface area contributed by atoms with Gasteiger partial charge in [-0.15, -0.1) is 4.40 Å². The number of nitrogens with zero attached hydrogens (tertiary/aromatic N) is 1. The molecule has 0 aliphatic heterocycles. The van der Waals surface area contributed by atoms with E-state index in [0.717, 1.165) is 0 Å². The average molecular weight is 133 g/mol. The molecule has 0 saturated heterocycles. The Bertz CT molecular complexity index is 127. The van der Waals surface area contributed by atoms with Gasteiger partial charge in [0.2, 0.25) is 6.08 Å². The molecule has 0 aromatic heterocycles. The molecule has 0 aromatic carbocycles. The third-order valence-electron chi connectivity index (χ3n) is 0.229. The van der Waals surface area contributed by atoms with Gasteiger partial charge in [0.05, 0.1) is 0 Å². The molecule has 44 valence electrons. The van der Waals surface area contributed by atoms with Crippen molar-refractivity contribution in [1.82, 2.24) is 4.72 Å². The Kier molecular flexibility index (Phi) is 3.65. The highest BCUT2D eigenvalue weighted by molar-refractivity contribution is 7.96. The zero-order chi connectivity index (χ0) is 6.41. The lowest BCUT2D eigenvalue weighted by molar-refractivity contribution is 0.254. The molecular weight excluding hydrogens is 130 g/mol. The van der Waals surface area contributed by atoms with Crippen molar-refractivity contribution in [2.45, 2.75) is 0 Å². The number of isocyanates is 1. The Labute approximate surface area is 49.6 Å². The molecule has 0 unspecified atom stereocenters. The van der Waals surface area contributed by atoms with Gasteiger partial charge in [0.1, 0.15) is 12.1 Å². The first kappa shape index (κ1) is 7.00. The van der Waals surface area contributed by atoms with Crippen LogP contribution in [0.15, 0.2) is 4.40 Å². The van der Waals surface area contributed by atoms with E-state index >= 15 is 0 Å². The average Bonchev–Trinajstić information content (AvgIpc) is 1.66. The van der Waals surface area contributed by atoms with E-state index < -0.39 is 6.03 Å². The van der Waals surface area contributed by atoms with E-state index in [4.69, 9.17) is 0 Å². The molecule has 0 radical (unpaired) electrons. The molecular formula is C2H3N3O2S. The minimum Gasteiger partial charge on any atom is -0.351 e. The fourth-order valence-electron chi connectivity index (χ4n) is 0.0864. The van der Waals surface area contributed by atoms with E-state index in [0.29, 0.717) is 12.1 Å². The fourth-order valence-corrected chi connectivity index (χ4v) is 0.259. The number of nitrogens with one attached hydrogen (secondary N) is 1. The summed E-state index contributed by atoms with van der Waals surface area (Å²) >= 11 is 0.538. The lowest BCUT2D eigenvalue weighted by Gasteiger charge is -1.86. The maximum absolute atomic E-state index is 9.77. The summed E-state index contributed by atoms with van der Waals surface area (Å²) in [5.74, 6) is 0. The number of urea groups is 1. The topological polar surface area (TPSA) is 84.6 Å². The van der Waals surface area contributed by atoms with Crippen molar-refractivity contribution in [3.05, 3.63) is 0 Å². The molecule has 0 heterocycles. The number of carbonyl (C=O) groups excluding carboxylic acids is 2. The monoisotopic (exact) mass is 133 g/mol. The van der Waals surface area contributed by atoms with Crippen molar-refractivity contribution in [3.63, 3.8) is 0 Å². The molecule has 0 atom stereocenters. The second-order valence-electron chi connectivity index (χ2n) is 0.740. The summed E-state index contributed by atoms with van der Waals surface area (Å²) in [6, 6.07) is -0.742. The molecule has 6 heteroatoms. The standard InChI is InChI=1S/C2H3N3O2S/c3-2(7)5-8-4-1-6/h(H3,3,5,7). The van der Waals surface area contributed by atoms with Crippen molar-refractivity contribution < 1.29 is 9.59 Å². The first-order chi connectivity index (χ1) is 3.77. The highest BCUT2D eigenvalue weighted by Crippen LogP contribution is 1.88. The SMILES string of the molecule is NC(=O)NSN=C=O. The normalized spacial score (nSPS) is 7.00. The Hall–Kier alpha value is -1.00. The van der Waals surface area contributed by atoms with E-state index in [-0.39, 0.29) is 0 Å². The van der Waals surface area contributed by atoms with Gasteiger partial charge in [-0.1, -0.05) is 0 Å². The Balaban J connectivity index is 3.18. The molecule has 0 aromatic rings. The molecule has 0 rings (SSSR count). The summed E-state index contributed by atoms with van der Waals surface area (Å²) in [6.45, 7) is 0. The number of nitrogens with two attached hydrogens (primary N) is 1. The Morgan fingerprint density at radius 3 is 2.88 bits per heavy atom. The van der Waals surface area contributed by atoms with Gasteiger partial charge in [-0.25, -0.2) is 9.59 Å². The van der Waals surface area contributed by atoms with Crippen molar-refractivity contribution in [2.24, 2.45) is 10.1 Å². The third kappa shape index (κ3) is 5.00. The predicted molar refractivity (Wildman–Crippen MR) is 28.4 cm³/mol. The maximum atomic E-state index is 9.77. The lowest BCUT2D eigenvalue weighted by Crippen LogP contribution is -2.22. The van der Waals surface area contributed by atoms with Gasteiger partial charge in [0.15, 0.2) is 0 Å². The van der Waals surface area contributed by atoms with E-state index in [2.05, 4.69) is 10.1 Å². The van der Waals surface area contributed by atoms with Gasteiger partial charge in [0.25, 0.3) is 0 Å².